The molecule has 4 rings (SSSR count). The van der Waals surface area contributed by atoms with Gasteiger partial charge in [0, 0.05) is 16.8 Å². The smallest absolute Gasteiger partial charge is 0.257 e. The molecular formula is C24H21N3O3S. The number of benzene rings is 3. The number of carbonyl (C=O) groups excluding carboxylic acids is 1. The van der Waals surface area contributed by atoms with Crippen LogP contribution < -0.4 is 15.4 Å². The van der Waals surface area contributed by atoms with E-state index in [0.717, 1.165) is 34.5 Å². The molecule has 2 N–H and O–H groups in total. The van der Waals surface area contributed by atoms with Crippen LogP contribution in [0.15, 0.2) is 77.2 Å². The van der Waals surface area contributed by atoms with E-state index >= 15 is 0 Å². The third-order valence-electron chi connectivity index (χ3n) is 4.50. The van der Waals surface area contributed by atoms with Gasteiger partial charge in [0.2, 0.25) is 5.89 Å². The van der Waals surface area contributed by atoms with Crippen LogP contribution in [0.4, 0.5) is 5.69 Å². The number of ether oxygens (including phenoxy) is 1. The lowest BCUT2D eigenvalue weighted by atomic mass is 10.2. The highest BCUT2D eigenvalue weighted by Crippen LogP contribution is 2.25. The van der Waals surface area contributed by atoms with Crippen molar-refractivity contribution in [1.29, 1.82) is 0 Å². The standard InChI is InChI=1S/C24H21N3O3S/c1-2-15-29-19-13-9-16(10-14-19)22(28)27-24(31)25-18-11-7-17(8-12-18)23-26-20-5-3-4-6-21(20)30-23/h3-14H,2,15H2,1H3,(H2,25,27,28,31). The number of hydrogen-bond acceptors (Lipinski definition) is 5. The van der Waals surface area contributed by atoms with Crippen molar-refractivity contribution >= 4 is 40.0 Å². The van der Waals surface area contributed by atoms with Gasteiger partial charge in [-0.3, -0.25) is 10.1 Å². The summed E-state index contributed by atoms with van der Waals surface area (Å²) in [7, 11) is 0. The zero-order valence-electron chi connectivity index (χ0n) is 16.9. The van der Waals surface area contributed by atoms with E-state index < -0.39 is 0 Å². The highest BCUT2D eigenvalue weighted by atomic mass is 32.1. The number of carbonyl (C=O) groups is 1. The van der Waals surface area contributed by atoms with Crippen molar-refractivity contribution in [2.45, 2.75) is 13.3 Å². The van der Waals surface area contributed by atoms with Crippen LogP contribution in [-0.4, -0.2) is 22.6 Å². The highest BCUT2D eigenvalue weighted by Gasteiger charge is 2.10. The lowest BCUT2D eigenvalue weighted by Gasteiger charge is -2.10. The molecule has 0 aliphatic rings. The minimum absolute atomic E-state index is 0.214. The van der Waals surface area contributed by atoms with Gasteiger partial charge in [-0.25, -0.2) is 4.98 Å². The van der Waals surface area contributed by atoms with Gasteiger partial charge in [0.15, 0.2) is 10.7 Å². The first-order valence-electron chi connectivity index (χ1n) is 9.93. The van der Waals surface area contributed by atoms with Crippen LogP contribution in [-0.2, 0) is 0 Å². The number of amides is 1. The molecule has 0 saturated carbocycles. The number of hydrogen-bond donors (Lipinski definition) is 2. The summed E-state index contributed by atoms with van der Waals surface area (Å²) in [5.41, 5.74) is 3.65. The molecule has 1 amide bonds. The summed E-state index contributed by atoms with van der Waals surface area (Å²) in [5, 5.41) is 5.91. The first-order chi connectivity index (χ1) is 15.1. The van der Waals surface area contributed by atoms with Gasteiger partial charge in [-0.1, -0.05) is 19.1 Å². The van der Waals surface area contributed by atoms with Crippen molar-refractivity contribution in [2.75, 3.05) is 11.9 Å². The van der Waals surface area contributed by atoms with E-state index in [1.807, 2.05) is 55.5 Å². The highest BCUT2D eigenvalue weighted by molar-refractivity contribution is 7.80. The van der Waals surface area contributed by atoms with Gasteiger partial charge in [0.05, 0.1) is 6.61 Å². The minimum Gasteiger partial charge on any atom is -0.494 e. The van der Waals surface area contributed by atoms with E-state index in [1.54, 1.807) is 24.3 Å². The van der Waals surface area contributed by atoms with Gasteiger partial charge >= 0.3 is 0 Å². The SMILES string of the molecule is CCCOc1ccc(C(=O)NC(=S)Nc2ccc(-c3nc4ccccc4o3)cc2)cc1. The number of rotatable bonds is 6. The van der Waals surface area contributed by atoms with Crippen molar-refractivity contribution in [3.63, 3.8) is 0 Å². The zero-order chi connectivity index (χ0) is 21.6. The summed E-state index contributed by atoms with van der Waals surface area (Å²) in [6, 6.07) is 22.0. The van der Waals surface area contributed by atoms with Crippen LogP contribution in [0.25, 0.3) is 22.6 Å². The van der Waals surface area contributed by atoms with Crippen LogP contribution in [0.3, 0.4) is 0 Å². The predicted molar refractivity (Wildman–Crippen MR) is 125 cm³/mol. The van der Waals surface area contributed by atoms with Crippen molar-refractivity contribution in [3.8, 4) is 17.2 Å². The Morgan fingerprint density at radius 3 is 2.48 bits per heavy atom. The summed E-state index contributed by atoms with van der Waals surface area (Å²) in [6.45, 7) is 2.68. The molecule has 1 aromatic heterocycles. The number of fused-ring (bicyclic) bond motifs is 1. The van der Waals surface area contributed by atoms with Crippen LogP contribution in [0.2, 0.25) is 0 Å². The average Bonchev–Trinajstić information content (AvgIpc) is 3.23. The van der Waals surface area contributed by atoms with Gasteiger partial charge in [-0.2, -0.15) is 0 Å². The molecule has 0 fully saturated rings. The molecule has 0 unspecified atom stereocenters. The third kappa shape index (κ3) is 5.07. The minimum atomic E-state index is -0.289. The summed E-state index contributed by atoms with van der Waals surface area (Å²) >= 11 is 5.27. The van der Waals surface area contributed by atoms with Crippen LogP contribution in [0.5, 0.6) is 5.75 Å². The molecule has 0 atom stereocenters. The molecule has 0 saturated heterocycles. The molecular weight excluding hydrogens is 410 g/mol. The second-order valence-electron chi connectivity index (χ2n) is 6.85. The first kappa shape index (κ1) is 20.6. The summed E-state index contributed by atoms with van der Waals surface area (Å²) in [4.78, 5) is 16.9. The number of thiocarbonyl (C=S) groups is 1. The Hall–Kier alpha value is -3.71. The summed E-state index contributed by atoms with van der Waals surface area (Å²) in [5.74, 6) is 0.996. The first-order valence-corrected chi connectivity index (χ1v) is 10.3. The Morgan fingerprint density at radius 1 is 1.03 bits per heavy atom. The Bertz CT molecular complexity index is 1170. The fourth-order valence-corrected chi connectivity index (χ4v) is 3.16. The topological polar surface area (TPSA) is 76.4 Å². The van der Waals surface area contributed by atoms with Crippen LogP contribution >= 0.6 is 12.2 Å². The van der Waals surface area contributed by atoms with Gasteiger partial charge in [-0.05, 0) is 79.3 Å². The Labute approximate surface area is 185 Å². The zero-order valence-corrected chi connectivity index (χ0v) is 17.7. The third-order valence-corrected chi connectivity index (χ3v) is 4.70. The Balaban J connectivity index is 1.35. The van der Waals surface area contributed by atoms with E-state index in [4.69, 9.17) is 21.4 Å². The molecule has 6 nitrogen and oxygen atoms in total. The molecule has 31 heavy (non-hydrogen) atoms. The normalized spacial score (nSPS) is 10.6. The largest absolute Gasteiger partial charge is 0.494 e. The van der Waals surface area contributed by atoms with E-state index in [9.17, 15) is 4.79 Å². The van der Waals surface area contributed by atoms with Crippen molar-refractivity contribution < 1.29 is 13.9 Å². The molecule has 0 bridgehead atoms. The van der Waals surface area contributed by atoms with E-state index in [2.05, 4.69) is 15.6 Å². The maximum absolute atomic E-state index is 12.4. The fourth-order valence-electron chi connectivity index (χ4n) is 2.95. The predicted octanol–water partition coefficient (Wildman–Crippen LogP) is 5.41. The Kier molecular flexibility index (Phi) is 6.24. The van der Waals surface area contributed by atoms with Crippen LogP contribution in [0, 0.1) is 0 Å². The second-order valence-corrected chi connectivity index (χ2v) is 7.25. The molecule has 0 radical (unpaired) electrons. The van der Waals surface area contributed by atoms with Crippen molar-refractivity contribution in [2.24, 2.45) is 0 Å². The van der Waals surface area contributed by atoms with Gasteiger partial charge in [0.25, 0.3) is 5.91 Å². The van der Waals surface area contributed by atoms with E-state index in [0.29, 0.717) is 18.1 Å². The van der Waals surface area contributed by atoms with Crippen LogP contribution in [0.1, 0.15) is 23.7 Å². The van der Waals surface area contributed by atoms with Gasteiger partial charge < -0.3 is 14.5 Å². The van der Waals surface area contributed by atoms with Gasteiger partial charge in [-0.15, -0.1) is 0 Å². The number of anilines is 1. The van der Waals surface area contributed by atoms with Crippen molar-refractivity contribution in [1.82, 2.24) is 10.3 Å². The summed E-state index contributed by atoms with van der Waals surface area (Å²) in [6.07, 6.45) is 0.929. The number of aromatic nitrogens is 1. The lowest BCUT2D eigenvalue weighted by Crippen LogP contribution is -2.34. The number of para-hydroxylation sites is 2. The van der Waals surface area contributed by atoms with E-state index in [1.165, 1.54) is 0 Å². The molecule has 7 heteroatoms. The van der Waals surface area contributed by atoms with E-state index in [-0.39, 0.29) is 11.0 Å². The average molecular weight is 432 g/mol. The number of nitrogens with one attached hydrogen (secondary N) is 2. The quantitative estimate of drug-likeness (QED) is 0.398. The molecule has 156 valence electrons. The van der Waals surface area contributed by atoms with Crippen molar-refractivity contribution in [3.05, 3.63) is 78.4 Å². The molecule has 0 spiro atoms. The number of oxazole rings is 1. The molecule has 0 aliphatic carbocycles. The lowest BCUT2D eigenvalue weighted by molar-refractivity contribution is 0.0977. The fraction of sp³-hybridized carbons (Fsp3) is 0.125. The molecule has 0 aliphatic heterocycles. The molecule has 3 aromatic carbocycles. The monoisotopic (exact) mass is 431 g/mol. The molecule has 1 heterocycles. The maximum Gasteiger partial charge on any atom is 0.257 e. The Morgan fingerprint density at radius 2 is 1.77 bits per heavy atom. The summed E-state index contributed by atoms with van der Waals surface area (Å²) < 4.78 is 11.3. The maximum atomic E-state index is 12.4. The van der Waals surface area contributed by atoms with Gasteiger partial charge in [0.1, 0.15) is 11.3 Å². The molecule has 4 aromatic rings. The number of nitrogens with zero attached hydrogens (tertiary/aromatic N) is 1. The second kappa shape index (κ2) is 9.40.